The zero-order valence-electron chi connectivity index (χ0n) is 15.4. The molecule has 8 heteroatoms. The molecule has 1 atom stereocenters. The summed E-state index contributed by atoms with van der Waals surface area (Å²) in [5.74, 6) is 0.799. The van der Waals surface area contributed by atoms with Crippen molar-refractivity contribution >= 4 is 17.9 Å². The number of hydrogen-bond acceptors (Lipinski definition) is 5. The van der Waals surface area contributed by atoms with Gasteiger partial charge in [-0.05, 0) is 32.3 Å². The first kappa shape index (κ1) is 18.4. The standard InChI is InChI=1S/C18H28N6O2/c1-15-5-2-3-10-24(15)18(26)21-9-6-16(25)22-11-13-23(14-12-22)17-19-7-4-8-20-17/h4,7-8,15H,2-3,5-6,9-14H2,1H3,(H,21,26). The van der Waals surface area contributed by atoms with Gasteiger partial charge in [0.05, 0.1) is 0 Å². The second-order valence-electron chi connectivity index (χ2n) is 6.94. The number of hydrogen-bond donors (Lipinski definition) is 1. The number of piperazine rings is 1. The number of rotatable bonds is 4. The minimum Gasteiger partial charge on any atom is -0.339 e. The van der Waals surface area contributed by atoms with E-state index in [0.29, 0.717) is 32.0 Å². The van der Waals surface area contributed by atoms with Crippen LogP contribution in [0.25, 0.3) is 0 Å². The van der Waals surface area contributed by atoms with Gasteiger partial charge in [0.15, 0.2) is 0 Å². The fraction of sp³-hybridized carbons (Fsp3) is 0.667. The van der Waals surface area contributed by atoms with Crippen LogP contribution in [-0.2, 0) is 4.79 Å². The summed E-state index contributed by atoms with van der Waals surface area (Å²) in [6, 6.07) is 2.03. The number of amides is 3. The lowest BCUT2D eigenvalue weighted by atomic mass is 10.0. The summed E-state index contributed by atoms with van der Waals surface area (Å²) >= 11 is 0. The van der Waals surface area contributed by atoms with Crippen molar-refractivity contribution in [2.75, 3.05) is 44.2 Å². The molecule has 2 aliphatic rings. The first-order valence-electron chi connectivity index (χ1n) is 9.49. The predicted octanol–water partition coefficient (Wildman–Crippen LogP) is 1.10. The van der Waals surface area contributed by atoms with E-state index in [9.17, 15) is 9.59 Å². The SMILES string of the molecule is CC1CCCCN1C(=O)NCCC(=O)N1CCN(c2ncccn2)CC1. The van der Waals surface area contributed by atoms with Crippen molar-refractivity contribution in [2.24, 2.45) is 0 Å². The molecule has 1 aromatic rings. The third kappa shape index (κ3) is 4.62. The van der Waals surface area contributed by atoms with Crippen LogP contribution >= 0.6 is 0 Å². The first-order valence-corrected chi connectivity index (χ1v) is 9.49. The molecule has 1 N–H and O–H groups in total. The van der Waals surface area contributed by atoms with Crippen LogP contribution in [0.2, 0.25) is 0 Å². The lowest BCUT2D eigenvalue weighted by molar-refractivity contribution is -0.131. The molecule has 2 fully saturated rings. The number of piperidine rings is 1. The molecule has 3 rings (SSSR count). The van der Waals surface area contributed by atoms with Gasteiger partial charge in [-0.3, -0.25) is 4.79 Å². The summed E-state index contributed by atoms with van der Waals surface area (Å²) in [5, 5.41) is 2.90. The number of carbonyl (C=O) groups is 2. The zero-order chi connectivity index (χ0) is 18.4. The summed E-state index contributed by atoms with van der Waals surface area (Å²) in [5.41, 5.74) is 0. The van der Waals surface area contributed by atoms with Crippen molar-refractivity contribution in [3.05, 3.63) is 18.5 Å². The van der Waals surface area contributed by atoms with Gasteiger partial charge in [0, 0.05) is 64.1 Å². The van der Waals surface area contributed by atoms with Crippen LogP contribution in [0.15, 0.2) is 18.5 Å². The molecular formula is C18H28N6O2. The van der Waals surface area contributed by atoms with Crippen molar-refractivity contribution in [3.63, 3.8) is 0 Å². The second-order valence-corrected chi connectivity index (χ2v) is 6.94. The quantitative estimate of drug-likeness (QED) is 0.870. The van der Waals surface area contributed by atoms with Crippen molar-refractivity contribution in [1.29, 1.82) is 0 Å². The molecule has 0 aliphatic carbocycles. The largest absolute Gasteiger partial charge is 0.339 e. The Morgan fingerprint density at radius 1 is 1.12 bits per heavy atom. The average molecular weight is 360 g/mol. The van der Waals surface area contributed by atoms with E-state index in [-0.39, 0.29) is 18.0 Å². The molecule has 2 saturated heterocycles. The van der Waals surface area contributed by atoms with E-state index in [1.807, 2.05) is 9.80 Å². The molecule has 0 saturated carbocycles. The molecule has 3 heterocycles. The van der Waals surface area contributed by atoms with Crippen LogP contribution in [0, 0.1) is 0 Å². The Labute approximate surface area is 154 Å². The third-order valence-corrected chi connectivity index (χ3v) is 5.15. The summed E-state index contributed by atoms with van der Waals surface area (Å²) in [6.45, 7) is 6.07. The molecule has 142 valence electrons. The molecule has 2 aliphatic heterocycles. The predicted molar refractivity (Wildman–Crippen MR) is 98.9 cm³/mol. The number of nitrogens with one attached hydrogen (secondary N) is 1. The zero-order valence-corrected chi connectivity index (χ0v) is 15.4. The van der Waals surface area contributed by atoms with E-state index in [1.54, 1.807) is 18.5 Å². The topological polar surface area (TPSA) is 81.7 Å². The minimum atomic E-state index is -0.0453. The molecule has 0 aromatic carbocycles. The van der Waals surface area contributed by atoms with Crippen molar-refractivity contribution in [1.82, 2.24) is 25.1 Å². The molecule has 1 unspecified atom stereocenters. The van der Waals surface area contributed by atoms with Crippen molar-refractivity contribution < 1.29 is 9.59 Å². The molecule has 8 nitrogen and oxygen atoms in total. The van der Waals surface area contributed by atoms with Gasteiger partial charge in [-0.2, -0.15) is 0 Å². The van der Waals surface area contributed by atoms with Crippen LogP contribution in [0.3, 0.4) is 0 Å². The molecular weight excluding hydrogens is 332 g/mol. The number of likely N-dealkylation sites (tertiary alicyclic amines) is 1. The highest BCUT2D eigenvalue weighted by Crippen LogP contribution is 2.16. The Hall–Kier alpha value is -2.38. The van der Waals surface area contributed by atoms with Gasteiger partial charge < -0.3 is 20.0 Å². The van der Waals surface area contributed by atoms with Crippen LogP contribution in [0.1, 0.15) is 32.6 Å². The Morgan fingerprint density at radius 3 is 2.54 bits per heavy atom. The van der Waals surface area contributed by atoms with E-state index >= 15 is 0 Å². The van der Waals surface area contributed by atoms with Gasteiger partial charge in [-0.15, -0.1) is 0 Å². The maximum absolute atomic E-state index is 12.4. The van der Waals surface area contributed by atoms with Gasteiger partial charge >= 0.3 is 6.03 Å². The van der Waals surface area contributed by atoms with Crippen molar-refractivity contribution in [3.8, 4) is 0 Å². The van der Waals surface area contributed by atoms with Gasteiger partial charge in [0.1, 0.15) is 0 Å². The number of carbonyl (C=O) groups excluding carboxylic acids is 2. The van der Waals surface area contributed by atoms with E-state index in [0.717, 1.165) is 32.5 Å². The van der Waals surface area contributed by atoms with Gasteiger partial charge in [0.2, 0.25) is 11.9 Å². The van der Waals surface area contributed by atoms with Crippen LogP contribution < -0.4 is 10.2 Å². The van der Waals surface area contributed by atoms with E-state index < -0.39 is 0 Å². The van der Waals surface area contributed by atoms with Gasteiger partial charge in [-0.25, -0.2) is 14.8 Å². The highest BCUT2D eigenvalue weighted by Gasteiger charge is 2.24. The second kappa shape index (κ2) is 8.82. The Bertz CT molecular complexity index is 603. The fourth-order valence-corrected chi connectivity index (χ4v) is 3.55. The fourth-order valence-electron chi connectivity index (χ4n) is 3.55. The molecule has 1 aromatic heterocycles. The number of nitrogens with zero attached hydrogens (tertiary/aromatic N) is 5. The molecule has 0 bridgehead atoms. The van der Waals surface area contributed by atoms with E-state index in [2.05, 4.69) is 27.1 Å². The number of urea groups is 1. The van der Waals surface area contributed by atoms with Crippen LogP contribution in [0.4, 0.5) is 10.7 Å². The molecule has 0 radical (unpaired) electrons. The maximum atomic E-state index is 12.4. The maximum Gasteiger partial charge on any atom is 0.317 e. The highest BCUT2D eigenvalue weighted by molar-refractivity contribution is 5.78. The Balaban J connectivity index is 1.37. The van der Waals surface area contributed by atoms with E-state index in [1.165, 1.54) is 6.42 Å². The summed E-state index contributed by atoms with van der Waals surface area (Å²) in [6.07, 6.45) is 7.10. The normalized spacial score (nSPS) is 20.8. The molecule has 3 amide bonds. The van der Waals surface area contributed by atoms with E-state index in [4.69, 9.17) is 0 Å². The average Bonchev–Trinajstić information content (AvgIpc) is 2.69. The minimum absolute atomic E-state index is 0.0453. The third-order valence-electron chi connectivity index (χ3n) is 5.15. The summed E-state index contributed by atoms with van der Waals surface area (Å²) in [7, 11) is 0. The monoisotopic (exact) mass is 360 g/mol. The highest BCUT2D eigenvalue weighted by atomic mass is 16.2. The first-order chi connectivity index (χ1) is 12.6. The van der Waals surface area contributed by atoms with Crippen molar-refractivity contribution in [2.45, 2.75) is 38.6 Å². The molecule has 0 spiro atoms. The number of aromatic nitrogens is 2. The van der Waals surface area contributed by atoms with Gasteiger partial charge in [-0.1, -0.05) is 0 Å². The van der Waals surface area contributed by atoms with Gasteiger partial charge in [0.25, 0.3) is 0 Å². The smallest absolute Gasteiger partial charge is 0.317 e. The summed E-state index contributed by atoms with van der Waals surface area (Å²) in [4.78, 5) is 38.9. The Morgan fingerprint density at radius 2 is 1.85 bits per heavy atom. The molecule has 26 heavy (non-hydrogen) atoms. The lowest BCUT2D eigenvalue weighted by Crippen LogP contribution is -2.50. The Kier molecular flexibility index (Phi) is 6.25. The van der Waals surface area contributed by atoms with Crippen LogP contribution in [0.5, 0.6) is 0 Å². The number of anilines is 1. The van der Waals surface area contributed by atoms with Crippen LogP contribution in [-0.4, -0.2) is 77.0 Å². The summed E-state index contributed by atoms with van der Waals surface area (Å²) < 4.78 is 0. The lowest BCUT2D eigenvalue weighted by Gasteiger charge is -2.35.